The number of ether oxygens (including phenoxy) is 1. The highest BCUT2D eigenvalue weighted by Crippen LogP contribution is 2.48. The first-order valence-electron chi connectivity index (χ1n) is 14.5. The highest BCUT2D eigenvalue weighted by molar-refractivity contribution is 6.12. The summed E-state index contributed by atoms with van der Waals surface area (Å²) in [5.74, 6) is 0.708. The third-order valence-corrected chi connectivity index (χ3v) is 8.41. The molecule has 1 N–H and O–H groups in total. The molecule has 5 heteroatoms. The van der Waals surface area contributed by atoms with Crippen molar-refractivity contribution >= 4 is 23.1 Å². The Kier molecular flexibility index (Phi) is 7.19. The molecule has 6 rings (SSSR count). The molecule has 1 aliphatic heterocycles. The van der Waals surface area contributed by atoms with E-state index >= 15 is 0 Å². The Morgan fingerprint density at radius 3 is 2.12 bits per heavy atom. The van der Waals surface area contributed by atoms with Crippen molar-refractivity contribution in [3.05, 3.63) is 137 Å². The summed E-state index contributed by atoms with van der Waals surface area (Å²) in [4.78, 5) is 30.5. The van der Waals surface area contributed by atoms with Gasteiger partial charge in [0.1, 0.15) is 5.75 Å². The van der Waals surface area contributed by atoms with Gasteiger partial charge in [-0.15, -0.1) is 0 Å². The lowest BCUT2D eigenvalue weighted by atomic mass is 9.77. The maximum atomic E-state index is 14.4. The number of ketones is 1. The molecule has 0 aromatic heterocycles. The quantitative estimate of drug-likeness (QED) is 0.275. The number of hydrogen-bond acceptors (Lipinski definition) is 4. The molecule has 1 amide bonds. The van der Waals surface area contributed by atoms with Crippen molar-refractivity contribution < 1.29 is 14.3 Å². The Morgan fingerprint density at radius 2 is 1.45 bits per heavy atom. The fourth-order valence-corrected chi connectivity index (χ4v) is 6.13. The summed E-state index contributed by atoms with van der Waals surface area (Å²) >= 11 is 0. The van der Waals surface area contributed by atoms with Crippen molar-refractivity contribution in [2.75, 3.05) is 17.3 Å². The summed E-state index contributed by atoms with van der Waals surface area (Å²) in [7, 11) is 1.65. The monoisotopic (exact) mass is 556 g/mol. The number of fused-ring (bicyclic) bond motifs is 1. The van der Waals surface area contributed by atoms with Crippen molar-refractivity contribution in [1.82, 2.24) is 0 Å². The van der Waals surface area contributed by atoms with Gasteiger partial charge in [0.15, 0.2) is 5.78 Å². The van der Waals surface area contributed by atoms with E-state index in [0.717, 1.165) is 33.9 Å². The molecule has 2 atom stereocenters. The highest BCUT2D eigenvalue weighted by Gasteiger charge is 2.42. The maximum Gasteiger partial charge on any atom is 0.259 e. The van der Waals surface area contributed by atoms with E-state index in [9.17, 15) is 9.59 Å². The molecule has 0 unspecified atom stereocenters. The number of nitrogens with zero attached hydrogens (tertiary/aromatic N) is 1. The zero-order valence-corrected chi connectivity index (χ0v) is 24.6. The van der Waals surface area contributed by atoms with Gasteiger partial charge in [-0.05, 0) is 70.8 Å². The van der Waals surface area contributed by atoms with Gasteiger partial charge < -0.3 is 10.1 Å². The first-order valence-corrected chi connectivity index (χ1v) is 14.5. The summed E-state index contributed by atoms with van der Waals surface area (Å²) in [6.07, 6.45) is 1.03. The van der Waals surface area contributed by atoms with Crippen LogP contribution in [-0.2, 0) is 10.2 Å². The van der Waals surface area contributed by atoms with E-state index in [-0.39, 0.29) is 23.0 Å². The molecule has 0 fully saturated rings. The predicted molar refractivity (Wildman–Crippen MR) is 168 cm³/mol. The number of anilines is 2. The summed E-state index contributed by atoms with van der Waals surface area (Å²) in [6, 6.07) is 33.0. The van der Waals surface area contributed by atoms with Gasteiger partial charge >= 0.3 is 0 Å². The Balaban J connectivity index is 1.53. The molecule has 0 bridgehead atoms. The van der Waals surface area contributed by atoms with Crippen LogP contribution in [0.5, 0.6) is 5.75 Å². The summed E-state index contributed by atoms with van der Waals surface area (Å²) in [6.45, 7) is 6.55. The second kappa shape index (κ2) is 11.0. The largest absolute Gasteiger partial charge is 0.497 e. The Labute approximate surface area is 247 Å². The van der Waals surface area contributed by atoms with Gasteiger partial charge in [-0.1, -0.05) is 87.5 Å². The number of carbonyl (C=O) groups is 2. The van der Waals surface area contributed by atoms with Crippen LogP contribution in [-0.4, -0.2) is 18.8 Å². The fourth-order valence-electron chi connectivity index (χ4n) is 6.13. The average Bonchev–Trinajstić information content (AvgIpc) is 3.15. The molecule has 42 heavy (non-hydrogen) atoms. The average molecular weight is 557 g/mol. The number of para-hydroxylation sites is 2. The molecule has 0 radical (unpaired) electrons. The van der Waals surface area contributed by atoms with Crippen LogP contribution in [0.1, 0.15) is 72.6 Å². The first kappa shape index (κ1) is 27.5. The van der Waals surface area contributed by atoms with Gasteiger partial charge in [0.25, 0.3) is 5.91 Å². The van der Waals surface area contributed by atoms with E-state index in [1.165, 1.54) is 5.56 Å². The topological polar surface area (TPSA) is 58.6 Å². The van der Waals surface area contributed by atoms with Crippen LogP contribution in [0.25, 0.3) is 0 Å². The van der Waals surface area contributed by atoms with Crippen LogP contribution in [0.3, 0.4) is 0 Å². The molecule has 212 valence electrons. The van der Waals surface area contributed by atoms with E-state index in [1.54, 1.807) is 7.11 Å². The predicted octanol–water partition coefficient (Wildman–Crippen LogP) is 8.21. The van der Waals surface area contributed by atoms with Crippen LogP contribution in [0.2, 0.25) is 0 Å². The van der Waals surface area contributed by atoms with Crippen molar-refractivity contribution in [3.8, 4) is 5.75 Å². The number of nitrogens with one attached hydrogen (secondary N) is 1. The number of benzene rings is 4. The van der Waals surface area contributed by atoms with Gasteiger partial charge in [0.2, 0.25) is 0 Å². The Hall–Kier alpha value is -4.64. The lowest BCUT2D eigenvalue weighted by molar-refractivity contribution is -0.116. The third-order valence-electron chi connectivity index (χ3n) is 8.41. The first-order chi connectivity index (χ1) is 20.2. The molecule has 0 saturated heterocycles. The normalized spacial score (nSPS) is 18.5. The van der Waals surface area contributed by atoms with Gasteiger partial charge in [0, 0.05) is 23.3 Å². The van der Waals surface area contributed by atoms with Crippen molar-refractivity contribution in [1.29, 1.82) is 0 Å². The molecule has 0 spiro atoms. The van der Waals surface area contributed by atoms with Gasteiger partial charge in [-0.2, -0.15) is 0 Å². The minimum atomic E-state index is -0.581. The molecular weight excluding hydrogens is 520 g/mol. The molecule has 0 saturated carbocycles. The van der Waals surface area contributed by atoms with Crippen LogP contribution in [0, 0.1) is 0 Å². The van der Waals surface area contributed by atoms with Crippen molar-refractivity contribution in [2.24, 2.45) is 0 Å². The second-order valence-corrected chi connectivity index (χ2v) is 12.2. The van der Waals surface area contributed by atoms with E-state index in [0.29, 0.717) is 24.0 Å². The smallest absolute Gasteiger partial charge is 0.259 e. The van der Waals surface area contributed by atoms with Gasteiger partial charge in [-0.25, -0.2) is 0 Å². The number of rotatable bonds is 4. The minimum Gasteiger partial charge on any atom is -0.497 e. The third kappa shape index (κ3) is 5.11. The highest BCUT2D eigenvalue weighted by atomic mass is 16.5. The number of amides is 1. The fraction of sp³-hybridized carbons (Fsp3) is 0.243. The van der Waals surface area contributed by atoms with Crippen LogP contribution >= 0.6 is 0 Å². The van der Waals surface area contributed by atoms with E-state index in [1.807, 2.05) is 83.8 Å². The SMILES string of the molecule is COc1ccc([C@@H]2CC(=O)C3=C(C2)Nc2ccccc2N(C(=O)c2ccccc2)[C@H]3c2ccc(C(C)(C)C)cc2)cc1. The summed E-state index contributed by atoms with van der Waals surface area (Å²) in [5, 5.41) is 3.63. The number of allylic oxidation sites excluding steroid dienone is 1. The Bertz CT molecular complexity index is 1650. The summed E-state index contributed by atoms with van der Waals surface area (Å²) in [5.41, 5.74) is 6.84. The minimum absolute atomic E-state index is 0.0158. The number of carbonyl (C=O) groups excluding carboxylic acids is 2. The molecular formula is C37H36N2O3. The van der Waals surface area contributed by atoms with Crippen molar-refractivity contribution in [2.45, 2.75) is 51.0 Å². The van der Waals surface area contributed by atoms with Crippen molar-refractivity contribution in [3.63, 3.8) is 0 Å². The van der Waals surface area contributed by atoms with E-state index in [2.05, 4.69) is 50.4 Å². The van der Waals surface area contributed by atoms with E-state index < -0.39 is 6.04 Å². The molecule has 4 aromatic rings. The standard InChI is InChI=1S/C37H36N2O3/c1-37(2,3)28-18-14-25(15-19-28)35-34-31(22-27(23-33(34)40)24-16-20-29(42-4)21-17-24)38-30-12-8-9-13-32(30)39(35)36(41)26-10-6-5-7-11-26/h5-21,27,35,38H,22-23H2,1-4H3/t27-,35-/m0/s1. The zero-order valence-electron chi connectivity index (χ0n) is 24.6. The molecule has 1 heterocycles. The number of methoxy groups -OCH3 is 1. The zero-order chi connectivity index (χ0) is 29.4. The lowest BCUT2D eigenvalue weighted by Gasteiger charge is -2.35. The van der Waals surface area contributed by atoms with Crippen LogP contribution in [0.4, 0.5) is 11.4 Å². The van der Waals surface area contributed by atoms with Crippen LogP contribution < -0.4 is 15.0 Å². The number of Topliss-reactive ketones (excluding diaryl/α,β-unsaturated/α-hetero) is 1. The summed E-state index contributed by atoms with van der Waals surface area (Å²) < 4.78 is 5.36. The van der Waals surface area contributed by atoms with Crippen LogP contribution in [0.15, 0.2) is 114 Å². The van der Waals surface area contributed by atoms with E-state index in [4.69, 9.17) is 4.74 Å². The number of hydrogen-bond donors (Lipinski definition) is 1. The molecule has 5 nitrogen and oxygen atoms in total. The molecule has 2 aliphatic rings. The molecule has 1 aliphatic carbocycles. The Morgan fingerprint density at radius 1 is 0.810 bits per heavy atom. The molecule has 4 aromatic carbocycles. The maximum absolute atomic E-state index is 14.4. The second-order valence-electron chi connectivity index (χ2n) is 12.2. The van der Waals surface area contributed by atoms with Gasteiger partial charge in [-0.3, -0.25) is 14.5 Å². The lowest BCUT2D eigenvalue weighted by Crippen LogP contribution is -2.38. The van der Waals surface area contributed by atoms with Gasteiger partial charge in [0.05, 0.1) is 24.5 Å².